The Hall–Kier alpha value is -2.33. The number of fused-ring (bicyclic) bond motifs is 1. The van der Waals surface area contributed by atoms with Gasteiger partial charge in [0.15, 0.2) is 4.80 Å². The summed E-state index contributed by atoms with van der Waals surface area (Å²) in [6.07, 6.45) is 1.26. The quantitative estimate of drug-likeness (QED) is 0.460. The minimum Gasteiger partial charge on any atom is -0.380 e. The molecule has 1 atom stereocenters. The lowest BCUT2D eigenvalue weighted by Gasteiger charge is -2.30. The predicted octanol–water partition coefficient (Wildman–Crippen LogP) is 3.88. The Morgan fingerprint density at radius 2 is 1.88 bits per heavy atom. The molecule has 2 aromatic carbocycles. The van der Waals surface area contributed by atoms with Crippen LogP contribution in [0.25, 0.3) is 10.2 Å². The average molecular weight is 502 g/mol. The van der Waals surface area contributed by atoms with Crippen LogP contribution in [0.3, 0.4) is 0 Å². The summed E-state index contributed by atoms with van der Waals surface area (Å²) in [6, 6.07) is 13.0. The summed E-state index contributed by atoms with van der Waals surface area (Å²) in [7, 11) is -3.65. The van der Waals surface area contributed by atoms with Gasteiger partial charge in [-0.25, -0.2) is 8.42 Å². The average Bonchev–Trinajstić information content (AvgIpc) is 3.15. The fraction of sp³-hybridized carbons (Fsp3) is 0.440. The molecule has 1 fully saturated rings. The number of sulfonamides is 1. The number of thiazole rings is 1. The molecule has 1 aliphatic heterocycles. The highest BCUT2D eigenvalue weighted by Gasteiger charge is 2.33. The first-order chi connectivity index (χ1) is 16.3. The number of hydrogen-bond donors (Lipinski definition) is 0. The van der Waals surface area contributed by atoms with Crippen molar-refractivity contribution in [3.05, 3.63) is 58.4 Å². The molecule has 7 nitrogen and oxygen atoms in total. The van der Waals surface area contributed by atoms with Gasteiger partial charge < -0.3 is 9.30 Å². The highest BCUT2D eigenvalue weighted by Crippen LogP contribution is 2.25. The van der Waals surface area contributed by atoms with E-state index in [-0.39, 0.29) is 17.3 Å². The first-order valence-electron chi connectivity index (χ1n) is 11.6. The number of aryl methyl sites for hydroxylation is 2. The van der Waals surface area contributed by atoms with Gasteiger partial charge in [-0.1, -0.05) is 35.1 Å². The number of carbonyl (C=O) groups excluding carboxylic acids is 1. The van der Waals surface area contributed by atoms with Crippen molar-refractivity contribution < 1.29 is 17.9 Å². The van der Waals surface area contributed by atoms with E-state index in [4.69, 9.17) is 4.74 Å². The van der Waals surface area contributed by atoms with Gasteiger partial charge in [0.05, 0.1) is 27.6 Å². The summed E-state index contributed by atoms with van der Waals surface area (Å²) in [5.41, 5.74) is 3.17. The fourth-order valence-electron chi connectivity index (χ4n) is 4.19. The highest BCUT2D eigenvalue weighted by atomic mass is 32.2. The Morgan fingerprint density at radius 3 is 2.62 bits per heavy atom. The second kappa shape index (κ2) is 10.5. The molecule has 0 bridgehead atoms. The lowest BCUT2D eigenvalue weighted by Crippen LogP contribution is -2.42. The zero-order valence-corrected chi connectivity index (χ0v) is 21.5. The van der Waals surface area contributed by atoms with Gasteiger partial charge in [0.25, 0.3) is 5.91 Å². The van der Waals surface area contributed by atoms with Crippen LogP contribution in [-0.4, -0.2) is 49.5 Å². The molecule has 3 aromatic rings. The van der Waals surface area contributed by atoms with Crippen molar-refractivity contribution in [2.24, 2.45) is 10.9 Å². The van der Waals surface area contributed by atoms with E-state index in [0.29, 0.717) is 43.9 Å². The Bertz CT molecular complexity index is 1340. The van der Waals surface area contributed by atoms with Gasteiger partial charge in [-0.3, -0.25) is 4.79 Å². The Labute approximate surface area is 204 Å². The number of ether oxygens (including phenoxy) is 1. The molecule has 0 N–H and O–H groups in total. The third-order valence-corrected chi connectivity index (χ3v) is 9.02. The van der Waals surface area contributed by atoms with Crippen molar-refractivity contribution in [2.45, 2.75) is 45.1 Å². The summed E-state index contributed by atoms with van der Waals surface area (Å²) in [6.45, 7) is 8.23. The lowest BCUT2D eigenvalue weighted by molar-refractivity contribution is -0.122. The monoisotopic (exact) mass is 501 g/mol. The van der Waals surface area contributed by atoms with Gasteiger partial charge in [0, 0.05) is 26.2 Å². The van der Waals surface area contributed by atoms with Crippen molar-refractivity contribution in [1.82, 2.24) is 8.87 Å². The van der Waals surface area contributed by atoms with E-state index in [2.05, 4.69) is 11.1 Å². The number of nitrogens with zero attached hydrogens (tertiary/aromatic N) is 3. The van der Waals surface area contributed by atoms with Crippen LogP contribution in [0.15, 0.2) is 52.4 Å². The second-order valence-electron chi connectivity index (χ2n) is 8.67. The summed E-state index contributed by atoms with van der Waals surface area (Å²) in [5, 5.41) is 0. The molecule has 1 aromatic heterocycles. The zero-order valence-electron chi connectivity index (χ0n) is 19.9. The smallest absolute Gasteiger partial charge is 0.252 e. The number of aromatic nitrogens is 1. The van der Waals surface area contributed by atoms with Gasteiger partial charge in [-0.05, 0) is 63.4 Å². The normalized spacial score (nSPS) is 18.0. The summed E-state index contributed by atoms with van der Waals surface area (Å²) in [5.74, 6) is -0.724. The molecule has 1 amide bonds. The first-order valence-corrected chi connectivity index (χ1v) is 13.9. The number of hydrogen-bond acceptors (Lipinski definition) is 5. The standard InChI is InChI=1S/C25H31N3O4S2/c1-4-32-15-14-28-22-12-9-19(3)16-23(22)33-25(28)26-24(29)20-6-5-13-27(17-20)34(30,31)21-10-7-18(2)8-11-21/h7-12,16,20H,4-6,13-15,17H2,1-3H3. The van der Waals surface area contributed by atoms with Crippen LogP contribution in [0.5, 0.6) is 0 Å². The summed E-state index contributed by atoms with van der Waals surface area (Å²) in [4.78, 5) is 18.6. The van der Waals surface area contributed by atoms with Gasteiger partial charge in [-0.15, -0.1) is 0 Å². The molecule has 1 saturated heterocycles. The number of amides is 1. The van der Waals surface area contributed by atoms with Gasteiger partial charge in [-0.2, -0.15) is 9.30 Å². The molecule has 0 saturated carbocycles. The molecule has 182 valence electrons. The van der Waals surface area contributed by atoms with Crippen LogP contribution in [0.2, 0.25) is 0 Å². The number of rotatable bonds is 7. The van der Waals surface area contributed by atoms with Crippen LogP contribution in [0.4, 0.5) is 0 Å². The SMILES string of the molecule is CCOCCn1c(=NC(=O)C2CCCN(S(=O)(=O)c3ccc(C)cc3)C2)sc2cc(C)ccc21. The highest BCUT2D eigenvalue weighted by molar-refractivity contribution is 7.89. The van der Waals surface area contributed by atoms with E-state index in [1.165, 1.54) is 15.6 Å². The largest absolute Gasteiger partial charge is 0.380 e. The second-order valence-corrected chi connectivity index (χ2v) is 11.6. The van der Waals surface area contributed by atoms with Gasteiger partial charge in [0.1, 0.15) is 0 Å². The maximum absolute atomic E-state index is 13.2. The van der Waals surface area contributed by atoms with Crippen LogP contribution < -0.4 is 4.80 Å². The molecule has 1 aliphatic rings. The molecule has 9 heteroatoms. The lowest BCUT2D eigenvalue weighted by atomic mass is 9.99. The number of benzene rings is 2. The third-order valence-electron chi connectivity index (χ3n) is 6.10. The maximum Gasteiger partial charge on any atom is 0.252 e. The maximum atomic E-state index is 13.2. The van der Waals surface area contributed by atoms with E-state index in [0.717, 1.165) is 21.3 Å². The van der Waals surface area contributed by atoms with Crippen molar-refractivity contribution in [1.29, 1.82) is 0 Å². The van der Waals surface area contributed by atoms with Crippen LogP contribution in [0.1, 0.15) is 30.9 Å². The Balaban J connectivity index is 1.61. The van der Waals surface area contributed by atoms with E-state index in [1.54, 1.807) is 24.3 Å². The predicted molar refractivity (Wildman–Crippen MR) is 134 cm³/mol. The van der Waals surface area contributed by atoms with Gasteiger partial charge >= 0.3 is 0 Å². The van der Waals surface area contributed by atoms with Crippen LogP contribution in [-0.2, 0) is 26.1 Å². The molecule has 2 heterocycles. The molecule has 0 spiro atoms. The van der Waals surface area contributed by atoms with Crippen LogP contribution >= 0.6 is 11.3 Å². The van der Waals surface area contributed by atoms with Gasteiger partial charge in [0.2, 0.25) is 10.0 Å². The minimum absolute atomic E-state index is 0.154. The molecule has 34 heavy (non-hydrogen) atoms. The number of piperidine rings is 1. The van der Waals surface area contributed by atoms with Crippen molar-refractivity contribution in [3.63, 3.8) is 0 Å². The Morgan fingerprint density at radius 1 is 1.15 bits per heavy atom. The topological polar surface area (TPSA) is 81.0 Å². The molecular formula is C25H31N3O4S2. The molecule has 4 rings (SSSR count). The van der Waals surface area contributed by atoms with Crippen molar-refractivity contribution in [2.75, 3.05) is 26.3 Å². The van der Waals surface area contributed by atoms with Crippen LogP contribution in [0, 0.1) is 19.8 Å². The molecule has 1 unspecified atom stereocenters. The van der Waals surface area contributed by atoms with Crippen molar-refractivity contribution in [3.8, 4) is 0 Å². The third kappa shape index (κ3) is 5.33. The van der Waals surface area contributed by atoms with E-state index in [1.807, 2.05) is 37.5 Å². The molecule has 0 aliphatic carbocycles. The first kappa shape index (κ1) is 24.8. The van der Waals surface area contributed by atoms with Crippen molar-refractivity contribution >= 4 is 37.5 Å². The van der Waals surface area contributed by atoms with E-state index in [9.17, 15) is 13.2 Å². The summed E-state index contributed by atoms with van der Waals surface area (Å²) >= 11 is 1.48. The fourth-order valence-corrected chi connectivity index (χ4v) is 6.87. The number of carbonyl (C=O) groups is 1. The molecular weight excluding hydrogens is 470 g/mol. The summed E-state index contributed by atoms with van der Waals surface area (Å²) < 4.78 is 36.3. The zero-order chi connectivity index (χ0) is 24.3. The Kier molecular flexibility index (Phi) is 7.67. The molecule has 0 radical (unpaired) electrons. The van der Waals surface area contributed by atoms with E-state index >= 15 is 0 Å². The van der Waals surface area contributed by atoms with E-state index < -0.39 is 15.9 Å². The minimum atomic E-state index is -3.65.